The third-order valence-corrected chi connectivity index (χ3v) is 3.64. The summed E-state index contributed by atoms with van der Waals surface area (Å²) >= 11 is 5.86. The van der Waals surface area contributed by atoms with Gasteiger partial charge in [-0.05, 0) is 33.1 Å². The van der Waals surface area contributed by atoms with Gasteiger partial charge in [0.1, 0.15) is 16.6 Å². The van der Waals surface area contributed by atoms with E-state index >= 15 is 0 Å². The summed E-state index contributed by atoms with van der Waals surface area (Å²) in [6.45, 7) is 7.87. The second-order valence-electron chi connectivity index (χ2n) is 6.66. The van der Waals surface area contributed by atoms with Crippen molar-refractivity contribution in [3.8, 4) is 0 Å². The molecule has 6 nitrogen and oxygen atoms in total. The van der Waals surface area contributed by atoms with E-state index in [1.807, 2.05) is 32.7 Å². The van der Waals surface area contributed by atoms with E-state index in [0.717, 1.165) is 25.3 Å². The summed E-state index contributed by atoms with van der Waals surface area (Å²) in [4.78, 5) is 24.1. The number of nitrogens with zero attached hydrogens (tertiary/aromatic N) is 4. The molecular formula is C15H23ClN4O2. The van der Waals surface area contributed by atoms with Crippen LogP contribution in [0.25, 0.3) is 0 Å². The molecule has 2 heterocycles. The van der Waals surface area contributed by atoms with Crippen LogP contribution in [0.15, 0.2) is 12.4 Å². The average molecular weight is 327 g/mol. The fourth-order valence-corrected chi connectivity index (χ4v) is 2.61. The van der Waals surface area contributed by atoms with Crippen molar-refractivity contribution in [3.05, 3.63) is 17.5 Å². The molecule has 22 heavy (non-hydrogen) atoms. The highest BCUT2D eigenvalue weighted by atomic mass is 35.5. The number of halogens is 1. The van der Waals surface area contributed by atoms with Crippen LogP contribution in [-0.2, 0) is 4.74 Å². The molecule has 1 unspecified atom stereocenters. The Kier molecular flexibility index (Phi) is 5.11. The molecular weight excluding hydrogens is 304 g/mol. The van der Waals surface area contributed by atoms with Crippen molar-refractivity contribution in [1.29, 1.82) is 0 Å². The number of amides is 1. The van der Waals surface area contributed by atoms with Gasteiger partial charge in [-0.15, -0.1) is 0 Å². The Morgan fingerprint density at radius 1 is 1.50 bits per heavy atom. The third-order valence-electron chi connectivity index (χ3n) is 3.45. The van der Waals surface area contributed by atoms with Gasteiger partial charge in [-0.2, -0.15) is 0 Å². The van der Waals surface area contributed by atoms with E-state index in [1.165, 1.54) is 6.20 Å². The number of hydrogen-bond acceptors (Lipinski definition) is 5. The minimum atomic E-state index is -0.456. The minimum absolute atomic E-state index is 0.236. The lowest BCUT2D eigenvalue weighted by atomic mass is 10.1. The maximum atomic E-state index is 12.1. The standard InChI is InChI=1S/C15H23ClN4O2/c1-15(2,3)22-14(21)20-6-5-11(10-20)9-19(4)13-8-17-7-12(16)18-13/h7-8,11H,5-6,9-10H2,1-4H3. The largest absolute Gasteiger partial charge is 0.444 e. The van der Waals surface area contributed by atoms with Gasteiger partial charge in [0.2, 0.25) is 0 Å². The van der Waals surface area contributed by atoms with Crippen LogP contribution in [0.2, 0.25) is 5.15 Å². The highest BCUT2D eigenvalue weighted by Crippen LogP contribution is 2.22. The lowest BCUT2D eigenvalue weighted by Gasteiger charge is -2.25. The number of anilines is 1. The van der Waals surface area contributed by atoms with E-state index < -0.39 is 5.60 Å². The molecule has 0 aliphatic carbocycles. The third kappa shape index (κ3) is 4.73. The van der Waals surface area contributed by atoms with Gasteiger partial charge in [0, 0.05) is 26.7 Å². The molecule has 0 saturated carbocycles. The van der Waals surface area contributed by atoms with Crippen LogP contribution < -0.4 is 4.90 Å². The van der Waals surface area contributed by atoms with Gasteiger partial charge in [0.25, 0.3) is 0 Å². The number of rotatable bonds is 3. The van der Waals surface area contributed by atoms with Crippen LogP contribution in [0.1, 0.15) is 27.2 Å². The Hall–Kier alpha value is -1.56. The quantitative estimate of drug-likeness (QED) is 0.854. The molecule has 1 aromatic rings. The van der Waals surface area contributed by atoms with Gasteiger partial charge in [0.15, 0.2) is 0 Å². The zero-order valence-electron chi connectivity index (χ0n) is 13.5. The number of aromatic nitrogens is 2. The average Bonchev–Trinajstić information content (AvgIpc) is 2.85. The normalized spacial score (nSPS) is 18.4. The molecule has 1 fully saturated rings. The highest BCUT2D eigenvalue weighted by Gasteiger charge is 2.30. The zero-order chi connectivity index (χ0) is 16.3. The molecule has 1 amide bonds. The van der Waals surface area contributed by atoms with E-state index in [1.54, 1.807) is 11.1 Å². The monoisotopic (exact) mass is 326 g/mol. The topological polar surface area (TPSA) is 58.6 Å². The smallest absolute Gasteiger partial charge is 0.410 e. The molecule has 1 aliphatic rings. The number of hydrogen-bond donors (Lipinski definition) is 0. The van der Waals surface area contributed by atoms with Crippen LogP contribution >= 0.6 is 11.6 Å². The molecule has 7 heteroatoms. The van der Waals surface area contributed by atoms with Crippen molar-refractivity contribution in [2.24, 2.45) is 5.92 Å². The van der Waals surface area contributed by atoms with Crippen LogP contribution in [0.4, 0.5) is 10.6 Å². The summed E-state index contributed by atoms with van der Waals surface area (Å²) in [7, 11) is 1.95. The molecule has 1 atom stereocenters. The highest BCUT2D eigenvalue weighted by molar-refractivity contribution is 6.29. The molecule has 0 radical (unpaired) electrons. The Bertz CT molecular complexity index is 533. The van der Waals surface area contributed by atoms with Crippen molar-refractivity contribution in [3.63, 3.8) is 0 Å². The molecule has 122 valence electrons. The first-order valence-electron chi connectivity index (χ1n) is 7.41. The predicted octanol–water partition coefficient (Wildman–Crippen LogP) is 2.82. The second-order valence-corrected chi connectivity index (χ2v) is 7.05. The molecule has 1 aliphatic heterocycles. The van der Waals surface area contributed by atoms with Crippen molar-refractivity contribution in [2.75, 3.05) is 31.6 Å². The van der Waals surface area contributed by atoms with E-state index in [0.29, 0.717) is 17.6 Å². The summed E-state index contributed by atoms with van der Waals surface area (Å²) in [5, 5.41) is 0.381. The molecule has 0 aromatic carbocycles. The van der Waals surface area contributed by atoms with Crippen LogP contribution in [0.3, 0.4) is 0 Å². The number of likely N-dealkylation sites (tertiary alicyclic amines) is 1. The van der Waals surface area contributed by atoms with Gasteiger partial charge < -0.3 is 14.5 Å². The minimum Gasteiger partial charge on any atom is -0.444 e. The summed E-state index contributed by atoms with van der Waals surface area (Å²) in [5.41, 5.74) is -0.456. The second kappa shape index (κ2) is 6.69. The lowest BCUT2D eigenvalue weighted by molar-refractivity contribution is 0.0288. The van der Waals surface area contributed by atoms with Gasteiger partial charge in [-0.3, -0.25) is 4.98 Å². The van der Waals surface area contributed by atoms with E-state index in [9.17, 15) is 4.79 Å². The Labute approximate surface area is 136 Å². The van der Waals surface area contributed by atoms with Crippen molar-refractivity contribution in [1.82, 2.24) is 14.9 Å². The maximum Gasteiger partial charge on any atom is 0.410 e. The Balaban J connectivity index is 1.87. The lowest BCUT2D eigenvalue weighted by Crippen LogP contribution is -2.36. The summed E-state index contributed by atoms with van der Waals surface area (Å²) < 4.78 is 5.41. The molecule has 1 saturated heterocycles. The fourth-order valence-electron chi connectivity index (χ4n) is 2.47. The predicted molar refractivity (Wildman–Crippen MR) is 86.2 cm³/mol. The first-order valence-corrected chi connectivity index (χ1v) is 7.79. The number of carbonyl (C=O) groups excluding carboxylic acids is 1. The van der Waals surface area contributed by atoms with E-state index in [-0.39, 0.29) is 6.09 Å². The SMILES string of the molecule is CN(CC1CCN(C(=O)OC(C)(C)C)C1)c1cncc(Cl)n1. The number of carbonyl (C=O) groups is 1. The zero-order valence-corrected chi connectivity index (χ0v) is 14.3. The van der Waals surface area contributed by atoms with Crippen molar-refractivity contribution in [2.45, 2.75) is 32.8 Å². The molecule has 0 spiro atoms. The van der Waals surface area contributed by atoms with Crippen LogP contribution in [-0.4, -0.2) is 53.2 Å². The van der Waals surface area contributed by atoms with Gasteiger partial charge in [0.05, 0.1) is 12.4 Å². The van der Waals surface area contributed by atoms with Crippen LogP contribution in [0, 0.1) is 5.92 Å². The van der Waals surface area contributed by atoms with E-state index in [4.69, 9.17) is 16.3 Å². The molecule has 0 N–H and O–H groups in total. The van der Waals surface area contributed by atoms with Gasteiger partial charge >= 0.3 is 6.09 Å². The molecule has 1 aromatic heterocycles. The Morgan fingerprint density at radius 2 is 2.23 bits per heavy atom. The maximum absolute atomic E-state index is 12.1. The summed E-state index contributed by atoms with van der Waals surface area (Å²) in [6, 6.07) is 0. The molecule has 2 rings (SSSR count). The first kappa shape index (κ1) is 16.8. The molecule has 0 bridgehead atoms. The Morgan fingerprint density at radius 3 is 2.86 bits per heavy atom. The summed E-state index contributed by atoms with van der Waals surface area (Å²) in [6.07, 6.45) is 3.92. The van der Waals surface area contributed by atoms with E-state index in [2.05, 4.69) is 9.97 Å². The van der Waals surface area contributed by atoms with Gasteiger partial charge in [-0.1, -0.05) is 11.6 Å². The fraction of sp³-hybridized carbons (Fsp3) is 0.667. The number of ether oxygens (including phenoxy) is 1. The van der Waals surface area contributed by atoms with Gasteiger partial charge in [-0.25, -0.2) is 9.78 Å². The summed E-state index contributed by atoms with van der Waals surface area (Å²) in [5.74, 6) is 1.13. The van der Waals surface area contributed by atoms with Crippen molar-refractivity contribution >= 4 is 23.5 Å². The first-order chi connectivity index (χ1) is 10.2. The van der Waals surface area contributed by atoms with Crippen LogP contribution in [0.5, 0.6) is 0 Å². The van der Waals surface area contributed by atoms with Crippen molar-refractivity contribution < 1.29 is 9.53 Å².